The molecule has 2 aliphatic rings. The second kappa shape index (κ2) is 8.71. The predicted molar refractivity (Wildman–Crippen MR) is 130 cm³/mol. The van der Waals surface area contributed by atoms with Gasteiger partial charge in [0.05, 0.1) is 17.6 Å². The fourth-order valence-electron chi connectivity index (χ4n) is 4.57. The van der Waals surface area contributed by atoms with Crippen LogP contribution in [0.4, 0.5) is 11.4 Å². The normalized spacial score (nSPS) is 19.0. The smallest absolute Gasteiger partial charge is 0.251 e. The van der Waals surface area contributed by atoms with Crippen LogP contribution in [0.15, 0.2) is 66.7 Å². The summed E-state index contributed by atoms with van der Waals surface area (Å²) in [6, 6.07) is 21.6. The van der Waals surface area contributed by atoms with Crippen molar-refractivity contribution in [2.24, 2.45) is 5.92 Å². The van der Waals surface area contributed by atoms with Gasteiger partial charge in [0.25, 0.3) is 5.91 Å². The standard InChI is InChI=1S/C27H28N4O2/c1-17-8-10-21(14-18(17)2)31-27(33)23-16-29-24-11-9-20(15-22(24)25(23)30-31)26(32)28-13-12-19-6-4-3-5-7-19/h3-11,14-15,23,25,29-30H,12-13,16H2,1-2H3,(H,28,32). The number of amides is 2. The lowest BCUT2D eigenvalue weighted by Crippen LogP contribution is -2.35. The quantitative estimate of drug-likeness (QED) is 0.563. The van der Waals surface area contributed by atoms with E-state index in [1.54, 1.807) is 5.01 Å². The summed E-state index contributed by atoms with van der Waals surface area (Å²) in [5.74, 6) is -0.291. The van der Waals surface area contributed by atoms with Crippen molar-refractivity contribution in [2.45, 2.75) is 26.3 Å². The summed E-state index contributed by atoms with van der Waals surface area (Å²) in [7, 11) is 0. The maximum absolute atomic E-state index is 13.2. The highest BCUT2D eigenvalue weighted by molar-refractivity contribution is 5.99. The number of nitrogens with zero attached hydrogens (tertiary/aromatic N) is 1. The Bertz CT molecular complexity index is 1210. The van der Waals surface area contributed by atoms with Gasteiger partial charge in [0.15, 0.2) is 0 Å². The lowest BCUT2D eigenvalue weighted by molar-refractivity contribution is -0.120. The zero-order chi connectivity index (χ0) is 22.9. The van der Waals surface area contributed by atoms with Gasteiger partial charge < -0.3 is 10.6 Å². The summed E-state index contributed by atoms with van der Waals surface area (Å²) in [5.41, 5.74) is 10.3. The average molecular weight is 441 g/mol. The number of hydrogen-bond acceptors (Lipinski definition) is 4. The van der Waals surface area contributed by atoms with E-state index in [-0.39, 0.29) is 23.8 Å². The highest BCUT2D eigenvalue weighted by Gasteiger charge is 2.44. The Labute approximate surface area is 194 Å². The van der Waals surface area contributed by atoms with E-state index in [1.165, 1.54) is 11.1 Å². The summed E-state index contributed by atoms with van der Waals surface area (Å²) in [6.45, 7) is 5.24. The van der Waals surface area contributed by atoms with Crippen LogP contribution >= 0.6 is 0 Å². The summed E-state index contributed by atoms with van der Waals surface area (Å²) in [6.07, 6.45) is 0.782. The third-order valence-electron chi connectivity index (χ3n) is 6.66. The number of carbonyl (C=O) groups is 2. The molecule has 0 aliphatic carbocycles. The molecule has 0 aromatic heterocycles. The maximum atomic E-state index is 13.2. The molecule has 168 valence electrons. The average Bonchev–Trinajstić information content (AvgIpc) is 3.18. The molecule has 5 rings (SSSR count). The molecule has 3 aromatic carbocycles. The Morgan fingerprint density at radius 1 is 1.03 bits per heavy atom. The number of hydrogen-bond donors (Lipinski definition) is 3. The number of nitrogens with one attached hydrogen (secondary N) is 3. The number of anilines is 2. The van der Waals surface area contributed by atoms with Gasteiger partial charge in [-0.3, -0.25) is 9.59 Å². The summed E-state index contributed by atoms with van der Waals surface area (Å²) >= 11 is 0. The molecule has 2 heterocycles. The Morgan fingerprint density at radius 3 is 2.64 bits per heavy atom. The molecule has 1 fully saturated rings. The van der Waals surface area contributed by atoms with Gasteiger partial charge in [-0.1, -0.05) is 36.4 Å². The molecule has 0 spiro atoms. The van der Waals surface area contributed by atoms with E-state index in [0.717, 1.165) is 28.9 Å². The van der Waals surface area contributed by atoms with E-state index >= 15 is 0 Å². The number of carbonyl (C=O) groups excluding carboxylic acids is 2. The van der Waals surface area contributed by atoms with Crippen molar-refractivity contribution in [1.29, 1.82) is 0 Å². The molecule has 2 amide bonds. The molecule has 2 unspecified atom stereocenters. The number of fused-ring (bicyclic) bond motifs is 3. The van der Waals surface area contributed by atoms with E-state index in [4.69, 9.17) is 0 Å². The van der Waals surface area contributed by atoms with Crippen molar-refractivity contribution < 1.29 is 9.59 Å². The second-order valence-electron chi connectivity index (χ2n) is 8.83. The number of aryl methyl sites for hydroxylation is 2. The van der Waals surface area contributed by atoms with Crippen LogP contribution in [0.1, 0.15) is 38.7 Å². The van der Waals surface area contributed by atoms with E-state index in [1.807, 2.05) is 61.5 Å². The van der Waals surface area contributed by atoms with Gasteiger partial charge in [-0.25, -0.2) is 10.4 Å². The third-order valence-corrected chi connectivity index (χ3v) is 6.66. The predicted octanol–water partition coefficient (Wildman–Crippen LogP) is 3.91. The van der Waals surface area contributed by atoms with Gasteiger partial charge in [-0.05, 0) is 72.9 Å². The topological polar surface area (TPSA) is 73.5 Å². The Hall–Kier alpha value is -3.64. The highest BCUT2D eigenvalue weighted by atomic mass is 16.2. The van der Waals surface area contributed by atoms with Crippen molar-refractivity contribution in [3.05, 3.63) is 94.5 Å². The fraction of sp³-hybridized carbons (Fsp3) is 0.259. The van der Waals surface area contributed by atoms with Crippen LogP contribution in [0.3, 0.4) is 0 Å². The molecule has 2 aliphatic heterocycles. The summed E-state index contributed by atoms with van der Waals surface area (Å²) < 4.78 is 0. The van der Waals surface area contributed by atoms with Crippen molar-refractivity contribution in [2.75, 3.05) is 23.4 Å². The summed E-state index contributed by atoms with van der Waals surface area (Å²) in [4.78, 5) is 26.0. The van der Waals surface area contributed by atoms with Gasteiger partial charge in [-0.15, -0.1) is 0 Å². The summed E-state index contributed by atoms with van der Waals surface area (Å²) in [5, 5.41) is 8.04. The lowest BCUT2D eigenvalue weighted by Gasteiger charge is -2.27. The first-order valence-electron chi connectivity index (χ1n) is 11.4. The Balaban J connectivity index is 1.33. The van der Waals surface area contributed by atoms with Crippen LogP contribution < -0.4 is 21.1 Å². The van der Waals surface area contributed by atoms with Crippen molar-refractivity contribution in [1.82, 2.24) is 10.7 Å². The monoisotopic (exact) mass is 440 g/mol. The zero-order valence-electron chi connectivity index (χ0n) is 18.9. The van der Waals surface area contributed by atoms with E-state index in [9.17, 15) is 9.59 Å². The van der Waals surface area contributed by atoms with Crippen molar-refractivity contribution in [3.63, 3.8) is 0 Å². The first-order chi connectivity index (χ1) is 16.0. The number of hydrazine groups is 1. The molecule has 6 heteroatoms. The van der Waals surface area contributed by atoms with Gasteiger partial charge in [0, 0.05) is 24.3 Å². The van der Waals surface area contributed by atoms with E-state index in [2.05, 4.69) is 35.1 Å². The zero-order valence-corrected chi connectivity index (χ0v) is 18.9. The molecule has 2 atom stereocenters. The number of rotatable bonds is 5. The highest BCUT2D eigenvalue weighted by Crippen LogP contribution is 2.40. The maximum Gasteiger partial charge on any atom is 0.251 e. The van der Waals surface area contributed by atoms with Gasteiger partial charge in [-0.2, -0.15) is 0 Å². The van der Waals surface area contributed by atoms with Crippen LogP contribution in [0, 0.1) is 19.8 Å². The van der Waals surface area contributed by atoms with Crippen molar-refractivity contribution in [3.8, 4) is 0 Å². The van der Waals surface area contributed by atoms with Crippen LogP contribution in [-0.2, 0) is 11.2 Å². The van der Waals surface area contributed by atoms with Crippen LogP contribution in [0.5, 0.6) is 0 Å². The molecular formula is C27H28N4O2. The lowest BCUT2D eigenvalue weighted by atomic mass is 9.88. The van der Waals surface area contributed by atoms with E-state index < -0.39 is 0 Å². The van der Waals surface area contributed by atoms with Crippen molar-refractivity contribution >= 4 is 23.2 Å². The molecule has 3 aromatic rings. The minimum Gasteiger partial charge on any atom is -0.384 e. The molecule has 0 radical (unpaired) electrons. The van der Waals surface area contributed by atoms with Gasteiger partial charge in [0.2, 0.25) is 5.91 Å². The molecule has 6 nitrogen and oxygen atoms in total. The second-order valence-corrected chi connectivity index (χ2v) is 8.83. The van der Waals surface area contributed by atoms with Gasteiger partial charge in [0.1, 0.15) is 0 Å². The van der Waals surface area contributed by atoms with Crippen LogP contribution in [0.25, 0.3) is 0 Å². The van der Waals surface area contributed by atoms with Crippen LogP contribution in [0.2, 0.25) is 0 Å². The first-order valence-corrected chi connectivity index (χ1v) is 11.4. The molecular weight excluding hydrogens is 412 g/mol. The van der Waals surface area contributed by atoms with Crippen LogP contribution in [-0.4, -0.2) is 24.9 Å². The molecule has 3 N–H and O–H groups in total. The molecule has 0 saturated carbocycles. The Morgan fingerprint density at radius 2 is 1.85 bits per heavy atom. The minimum atomic E-state index is -0.226. The minimum absolute atomic E-state index is 0.0409. The fourth-order valence-corrected chi connectivity index (χ4v) is 4.57. The van der Waals surface area contributed by atoms with Gasteiger partial charge >= 0.3 is 0 Å². The third kappa shape index (κ3) is 4.10. The largest absolute Gasteiger partial charge is 0.384 e. The number of benzene rings is 3. The molecule has 0 bridgehead atoms. The molecule has 1 saturated heterocycles. The molecule has 33 heavy (non-hydrogen) atoms. The SMILES string of the molecule is Cc1ccc(N2NC3c4cc(C(=O)NCCc5ccccc5)ccc4NCC3C2=O)cc1C. The Kier molecular flexibility index (Phi) is 5.60. The first kappa shape index (κ1) is 21.2. The van der Waals surface area contributed by atoms with E-state index in [0.29, 0.717) is 18.7 Å².